The molecule has 0 amide bonds. The van der Waals surface area contributed by atoms with Crippen molar-refractivity contribution in [2.24, 2.45) is 0 Å². The lowest BCUT2D eigenvalue weighted by atomic mass is 10.0. The number of hydrogen-bond donors (Lipinski definition) is 1. The van der Waals surface area contributed by atoms with Crippen LogP contribution in [-0.4, -0.2) is 44.5 Å². The Morgan fingerprint density at radius 1 is 1.34 bits per heavy atom. The van der Waals surface area contributed by atoms with Gasteiger partial charge in [-0.1, -0.05) is 11.8 Å². The van der Waals surface area contributed by atoms with E-state index in [4.69, 9.17) is 0 Å². The molecule has 154 valence electrons. The molecule has 1 aliphatic heterocycles. The van der Waals surface area contributed by atoms with Crippen molar-refractivity contribution >= 4 is 23.3 Å². The smallest absolute Gasteiger partial charge is 0.331 e. The summed E-state index contributed by atoms with van der Waals surface area (Å²) in [6.07, 6.45) is 6.86. The summed E-state index contributed by atoms with van der Waals surface area (Å²) in [6.45, 7) is 5.86. The van der Waals surface area contributed by atoms with Gasteiger partial charge in [-0.25, -0.2) is 14.8 Å². The molecule has 1 atom stereocenters. The average Bonchev–Trinajstić information content (AvgIpc) is 2.74. The molecule has 1 aliphatic rings. The topological polar surface area (TPSA) is 109 Å². The van der Waals surface area contributed by atoms with E-state index in [1.54, 1.807) is 17.7 Å². The van der Waals surface area contributed by atoms with E-state index in [-0.39, 0.29) is 17.3 Å². The summed E-state index contributed by atoms with van der Waals surface area (Å²) in [5, 5.41) is 13.3. The second-order valence-electron chi connectivity index (χ2n) is 6.79. The molecule has 0 spiro atoms. The Hall–Kier alpha value is -2.80. The van der Waals surface area contributed by atoms with Crippen LogP contribution in [-0.2, 0) is 13.1 Å². The molecule has 1 unspecified atom stereocenters. The van der Waals surface area contributed by atoms with Gasteiger partial charge in [-0.05, 0) is 32.9 Å². The van der Waals surface area contributed by atoms with Gasteiger partial charge in [0.1, 0.15) is 23.1 Å². The lowest BCUT2D eigenvalue weighted by Crippen LogP contribution is -2.48. The first kappa shape index (κ1) is 20.9. The van der Waals surface area contributed by atoms with Crippen molar-refractivity contribution < 1.29 is 0 Å². The number of nitriles is 1. The normalized spacial score (nSPS) is 16.5. The van der Waals surface area contributed by atoms with Crippen LogP contribution in [0.15, 0.2) is 27.1 Å². The van der Waals surface area contributed by atoms with Crippen LogP contribution in [0, 0.1) is 11.3 Å². The molecular formula is C19H25N7O2S. The number of hydrogen-bond acceptors (Lipinski definition) is 8. The van der Waals surface area contributed by atoms with Crippen LogP contribution in [0.4, 0.5) is 11.5 Å². The predicted octanol–water partition coefficient (Wildman–Crippen LogP) is 1.51. The fourth-order valence-corrected chi connectivity index (χ4v) is 3.86. The van der Waals surface area contributed by atoms with Gasteiger partial charge in [-0.15, -0.1) is 0 Å². The van der Waals surface area contributed by atoms with Gasteiger partial charge >= 0.3 is 5.69 Å². The zero-order chi connectivity index (χ0) is 21.0. The molecule has 0 saturated carbocycles. The largest absolute Gasteiger partial charge is 0.364 e. The molecule has 3 heterocycles. The summed E-state index contributed by atoms with van der Waals surface area (Å²) in [6, 6.07) is 2.15. The molecule has 29 heavy (non-hydrogen) atoms. The van der Waals surface area contributed by atoms with Gasteiger partial charge in [0.25, 0.3) is 5.56 Å². The Morgan fingerprint density at radius 3 is 2.79 bits per heavy atom. The van der Waals surface area contributed by atoms with Gasteiger partial charge in [0.05, 0.1) is 6.20 Å². The van der Waals surface area contributed by atoms with Crippen molar-refractivity contribution in [3.05, 3.63) is 38.8 Å². The lowest BCUT2D eigenvalue weighted by Gasteiger charge is -2.35. The van der Waals surface area contributed by atoms with Crippen LogP contribution in [0.2, 0.25) is 0 Å². The van der Waals surface area contributed by atoms with Crippen molar-refractivity contribution in [1.29, 1.82) is 5.26 Å². The van der Waals surface area contributed by atoms with E-state index in [2.05, 4.69) is 21.4 Å². The maximum Gasteiger partial charge on any atom is 0.331 e. The fraction of sp³-hybridized carbons (Fsp3) is 0.526. The summed E-state index contributed by atoms with van der Waals surface area (Å²) >= 11 is 1.41. The van der Waals surface area contributed by atoms with Gasteiger partial charge < -0.3 is 10.2 Å². The van der Waals surface area contributed by atoms with Crippen molar-refractivity contribution in [2.45, 2.75) is 51.0 Å². The first-order valence-corrected chi connectivity index (χ1v) is 10.9. The van der Waals surface area contributed by atoms with Crippen LogP contribution < -0.4 is 21.5 Å². The molecule has 2 aromatic heterocycles. The molecule has 10 heteroatoms. The standard InChI is InChI=1S/C19H25N7O2S/c1-4-24-12-15(17(27)26(5-2)19(24)28)25-8-6-7-14(11-25)22-16-13(9-20)10-21-18(23-16)29-3/h10,12,14H,4-8,11H2,1-3H3,(H,21,22,23). The molecule has 1 fully saturated rings. The molecule has 0 bridgehead atoms. The minimum Gasteiger partial charge on any atom is -0.364 e. The molecule has 1 saturated heterocycles. The van der Waals surface area contributed by atoms with E-state index in [1.807, 2.05) is 18.1 Å². The predicted molar refractivity (Wildman–Crippen MR) is 114 cm³/mol. The summed E-state index contributed by atoms with van der Waals surface area (Å²) in [4.78, 5) is 35.8. The van der Waals surface area contributed by atoms with Crippen molar-refractivity contribution in [3.63, 3.8) is 0 Å². The van der Waals surface area contributed by atoms with E-state index >= 15 is 0 Å². The number of aryl methyl sites for hydroxylation is 1. The Balaban J connectivity index is 1.88. The Kier molecular flexibility index (Phi) is 6.59. The van der Waals surface area contributed by atoms with E-state index in [9.17, 15) is 14.9 Å². The third kappa shape index (κ3) is 4.29. The third-order valence-electron chi connectivity index (χ3n) is 5.05. The highest BCUT2D eigenvalue weighted by Crippen LogP contribution is 2.21. The van der Waals surface area contributed by atoms with Gasteiger partial charge in [-0.2, -0.15) is 5.26 Å². The summed E-state index contributed by atoms with van der Waals surface area (Å²) < 4.78 is 2.85. The molecule has 3 rings (SSSR count). The maximum atomic E-state index is 12.9. The molecule has 9 nitrogen and oxygen atoms in total. The van der Waals surface area contributed by atoms with Gasteiger partial charge in [0, 0.05) is 38.4 Å². The monoisotopic (exact) mass is 415 g/mol. The number of piperidine rings is 1. The minimum atomic E-state index is -0.278. The molecular weight excluding hydrogens is 390 g/mol. The van der Waals surface area contributed by atoms with Crippen LogP contribution >= 0.6 is 11.8 Å². The zero-order valence-corrected chi connectivity index (χ0v) is 17.7. The van der Waals surface area contributed by atoms with Crippen LogP contribution in [0.1, 0.15) is 32.3 Å². The van der Waals surface area contributed by atoms with Gasteiger partial charge in [-0.3, -0.25) is 13.9 Å². The second kappa shape index (κ2) is 9.13. The van der Waals surface area contributed by atoms with Crippen molar-refractivity contribution in [3.8, 4) is 6.07 Å². The van der Waals surface area contributed by atoms with Crippen molar-refractivity contribution in [1.82, 2.24) is 19.1 Å². The first-order chi connectivity index (χ1) is 14.0. The zero-order valence-electron chi connectivity index (χ0n) is 16.9. The quantitative estimate of drug-likeness (QED) is 0.559. The number of nitrogens with zero attached hydrogens (tertiary/aromatic N) is 6. The summed E-state index contributed by atoms with van der Waals surface area (Å²) in [5.74, 6) is 0.517. The van der Waals surface area contributed by atoms with Crippen molar-refractivity contribution in [2.75, 3.05) is 29.6 Å². The molecule has 0 radical (unpaired) electrons. The fourth-order valence-electron chi connectivity index (χ4n) is 3.52. The number of aromatic nitrogens is 4. The average molecular weight is 416 g/mol. The number of nitrogens with one attached hydrogen (secondary N) is 1. The number of rotatable bonds is 6. The van der Waals surface area contributed by atoms with Gasteiger partial charge in [0.2, 0.25) is 0 Å². The van der Waals surface area contributed by atoms with Crippen LogP contribution in [0.25, 0.3) is 0 Å². The Labute approximate surface area is 173 Å². The maximum absolute atomic E-state index is 12.9. The van der Waals surface area contributed by atoms with E-state index < -0.39 is 0 Å². The molecule has 0 aliphatic carbocycles. The first-order valence-electron chi connectivity index (χ1n) is 9.69. The number of thioether (sulfide) groups is 1. The number of anilines is 2. The molecule has 0 aromatic carbocycles. The second-order valence-corrected chi connectivity index (χ2v) is 7.57. The Morgan fingerprint density at radius 2 is 2.14 bits per heavy atom. The van der Waals surface area contributed by atoms with Gasteiger partial charge in [0.15, 0.2) is 5.16 Å². The van der Waals surface area contributed by atoms with E-state index in [0.717, 1.165) is 19.4 Å². The molecule has 2 aromatic rings. The van der Waals surface area contributed by atoms with Crippen LogP contribution in [0.5, 0.6) is 0 Å². The molecule has 1 N–H and O–H groups in total. The van der Waals surface area contributed by atoms with Crippen LogP contribution in [0.3, 0.4) is 0 Å². The highest BCUT2D eigenvalue weighted by molar-refractivity contribution is 7.98. The van der Waals surface area contributed by atoms with E-state index in [1.165, 1.54) is 22.5 Å². The highest BCUT2D eigenvalue weighted by atomic mass is 32.2. The SMILES string of the molecule is CCn1cc(N2CCCC(Nc3nc(SC)ncc3C#N)C2)c(=O)n(CC)c1=O. The van der Waals surface area contributed by atoms with E-state index in [0.29, 0.717) is 41.9 Å². The summed E-state index contributed by atoms with van der Waals surface area (Å²) in [5.41, 5.74) is 0.396. The Bertz CT molecular complexity index is 1040. The highest BCUT2D eigenvalue weighted by Gasteiger charge is 2.24. The lowest BCUT2D eigenvalue weighted by molar-refractivity contribution is 0.516. The summed E-state index contributed by atoms with van der Waals surface area (Å²) in [7, 11) is 0. The third-order valence-corrected chi connectivity index (χ3v) is 5.61. The minimum absolute atomic E-state index is 0.0249.